The van der Waals surface area contributed by atoms with Crippen LogP contribution in [0.5, 0.6) is 0 Å². The average Bonchev–Trinajstić information content (AvgIpc) is 3.37. The molecule has 2 amide bonds. The van der Waals surface area contributed by atoms with Crippen molar-refractivity contribution in [1.82, 2.24) is 10.6 Å². The van der Waals surface area contributed by atoms with Crippen LogP contribution in [0.15, 0.2) is 0 Å². The molecule has 2 aliphatic heterocycles. The highest BCUT2D eigenvalue weighted by atomic mass is 32.2. The number of amides is 2. The third-order valence-corrected chi connectivity index (χ3v) is 7.27. The second-order valence-electron chi connectivity index (χ2n) is 11.0. The molecule has 3 N–H and O–H groups in total. The Morgan fingerprint density at radius 3 is 2.18 bits per heavy atom. The van der Waals surface area contributed by atoms with Gasteiger partial charge in [0.25, 0.3) is 10.1 Å². The summed E-state index contributed by atoms with van der Waals surface area (Å²) in [6.07, 6.45) is -1.90. The molecular weight excluding hydrogens is 624 g/mol. The Morgan fingerprint density at radius 2 is 1.64 bits per heavy atom. The molecule has 18 heteroatoms. The average molecular weight is 669 g/mol. The molecule has 0 saturated carbocycles. The molecule has 45 heavy (non-hydrogen) atoms. The lowest BCUT2D eigenvalue weighted by Gasteiger charge is -2.43. The molecule has 6 atom stereocenters. The first-order valence-corrected chi connectivity index (χ1v) is 15.8. The third kappa shape index (κ3) is 14.8. The van der Waals surface area contributed by atoms with Crippen molar-refractivity contribution in [2.45, 2.75) is 69.5 Å². The minimum atomic E-state index is -4.77. The summed E-state index contributed by atoms with van der Waals surface area (Å²) in [4.78, 5) is 36.9. The fourth-order valence-electron chi connectivity index (χ4n) is 4.26. The van der Waals surface area contributed by atoms with Crippen molar-refractivity contribution in [3.05, 3.63) is 0 Å². The SMILES string of the molecule is C#CCOCCOCCOCCOCCNC(=O)O[C@@H]([C@@H]1O[C@@H](S(=O)(=O)O)C[C@H](NC(=O)OC(C)(C)C)[C@H]1C)[C@H]1COC(=O)O1. The van der Waals surface area contributed by atoms with Crippen molar-refractivity contribution >= 4 is 28.5 Å². The second-order valence-corrected chi connectivity index (χ2v) is 12.6. The van der Waals surface area contributed by atoms with Gasteiger partial charge in [0, 0.05) is 24.9 Å². The fraction of sp³-hybridized carbons (Fsp3) is 0.815. The summed E-state index contributed by atoms with van der Waals surface area (Å²) in [5.41, 5.74) is -2.63. The molecule has 0 spiro atoms. The van der Waals surface area contributed by atoms with E-state index in [2.05, 4.69) is 16.6 Å². The third-order valence-electron chi connectivity index (χ3n) is 6.31. The molecule has 0 aromatic heterocycles. The van der Waals surface area contributed by atoms with E-state index in [4.69, 9.17) is 49.1 Å². The molecule has 0 bridgehead atoms. The van der Waals surface area contributed by atoms with Crippen LogP contribution in [-0.2, 0) is 52.7 Å². The van der Waals surface area contributed by atoms with Gasteiger partial charge in [-0.2, -0.15) is 8.42 Å². The Hall–Kier alpha value is -2.92. The van der Waals surface area contributed by atoms with Gasteiger partial charge < -0.3 is 53.3 Å². The summed E-state index contributed by atoms with van der Waals surface area (Å²) in [6.45, 7) is 8.68. The maximum absolute atomic E-state index is 12.7. The highest BCUT2D eigenvalue weighted by Crippen LogP contribution is 2.33. The van der Waals surface area contributed by atoms with Gasteiger partial charge in [-0.05, 0) is 20.8 Å². The Kier molecular flexibility index (Phi) is 16.1. The van der Waals surface area contributed by atoms with Crippen molar-refractivity contribution < 1.29 is 70.0 Å². The smallest absolute Gasteiger partial charge is 0.444 e. The largest absolute Gasteiger partial charge is 0.508 e. The van der Waals surface area contributed by atoms with Crippen LogP contribution < -0.4 is 10.6 Å². The first kappa shape index (κ1) is 38.3. The summed E-state index contributed by atoms with van der Waals surface area (Å²) >= 11 is 0. The molecule has 258 valence electrons. The highest BCUT2D eigenvalue weighted by molar-refractivity contribution is 7.86. The molecule has 2 rings (SSSR count). The van der Waals surface area contributed by atoms with E-state index < -0.39 is 69.8 Å². The summed E-state index contributed by atoms with van der Waals surface area (Å²) in [6, 6.07) is -0.909. The van der Waals surface area contributed by atoms with Crippen LogP contribution in [0.1, 0.15) is 34.1 Å². The molecule has 0 unspecified atom stereocenters. The molecule has 2 heterocycles. The van der Waals surface area contributed by atoms with Gasteiger partial charge in [-0.25, -0.2) is 14.4 Å². The minimum absolute atomic E-state index is 0.0326. The van der Waals surface area contributed by atoms with Crippen molar-refractivity contribution in [2.75, 3.05) is 66.0 Å². The van der Waals surface area contributed by atoms with Crippen LogP contribution in [0.4, 0.5) is 14.4 Å². The number of cyclic esters (lactones) is 2. The number of ether oxygens (including phenoxy) is 9. The molecule has 2 aliphatic rings. The maximum Gasteiger partial charge on any atom is 0.508 e. The van der Waals surface area contributed by atoms with Crippen molar-refractivity contribution in [3.63, 3.8) is 0 Å². The van der Waals surface area contributed by atoms with E-state index >= 15 is 0 Å². The Bertz CT molecular complexity index is 1090. The van der Waals surface area contributed by atoms with Crippen LogP contribution in [0.3, 0.4) is 0 Å². The van der Waals surface area contributed by atoms with E-state index in [9.17, 15) is 27.4 Å². The topological polar surface area (TPSA) is 213 Å². The summed E-state index contributed by atoms with van der Waals surface area (Å²) in [5.74, 6) is 1.63. The van der Waals surface area contributed by atoms with E-state index in [0.29, 0.717) is 33.0 Å². The van der Waals surface area contributed by atoms with Gasteiger partial charge in [0.15, 0.2) is 17.6 Å². The van der Waals surface area contributed by atoms with E-state index in [-0.39, 0.29) is 39.4 Å². The van der Waals surface area contributed by atoms with Gasteiger partial charge in [-0.15, -0.1) is 6.42 Å². The zero-order valence-corrected chi connectivity index (χ0v) is 26.7. The highest BCUT2D eigenvalue weighted by Gasteiger charge is 2.51. The van der Waals surface area contributed by atoms with Gasteiger partial charge in [0.2, 0.25) is 0 Å². The van der Waals surface area contributed by atoms with E-state index in [1.165, 1.54) is 0 Å². The van der Waals surface area contributed by atoms with Crippen LogP contribution in [0.25, 0.3) is 0 Å². The number of hydrogen-bond acceptors (Lipinski definition) is 14. The zero-order chi connectivity index (χ0) is 33.5. The first-order valence-electron chi connectivity index (χ1n) is 14.3. The molecule has 0 aliphatic carbocycles. The van der Waals surface area contributed by atoms with Crippen LogP contribution in [0, 0.1) is 18.3 Å². The molecule has 0 aromatic carbocycles. The lowest BCUT2D eigenvalue weighted by atomic mass is 9.86. The lowest BCUT2D eigenvalue weighted by molar-refractivity contribution is -0.143. The molecule has 2 fully saturated rings. The predicted octanol–water partition coefficient (Wildman–Crippen LogP) is 0.848. The zero-order valence-electron chi connectivity index (χ0n) is 25.9. The van der Waals surface area contributed by atoms with Gasteiger partial charge in [0.05, 0.1) is 46.2 Å². The van der Waals surface area contributed by atoms with Crippen molar-refractivity contribution in [3.8, 4) is 12.3 Å². The van der Waals surface area contributed by atoms with Crippen LogP contribution in [0.2, 0.25) is 0 Å². The molecule has 2 saturated heterocycles. The van der Waals surface area contributed by atoms with Crippen molar-refractivity contribution in [1.29, 1.82) is 0 Å². The number of rotatable bonds is 18. The quantitative estimate of drug-likeness (QED) is 0.0607. The van der Waals surface area contributed by atoms with Gasteiger partial charge in [-0.1, -0.05) is 12.8 Å². The molecule has 0 aromatic rings. The van der Waals surface area contributed by atoms with E-state index in [0.717, 1.165) is 0 Å². The second kappa shape index (κ2) is 18.9. The standard InChI is InChI=1S/C27H44N2O15S/c1-6-8-36-10-12-38-14-15-39-13-11-37-9-7-28-24(30)43-23(20-17-40-26(32)41-20)22-18(2)19(16-21(42-22)45(33,34)35)29-25(31)44-27(3,4)5/h1,18-23H,7-17H2,2-5H3,(H,28,30)(H,29,31)(H,33,34,35)/t18-,19+,20-,21+,22-,23-/m1/s1. The molecule has 17 nitrogen and oxygen atoms in total. The number of carbonyl (C=O) groups excluding carboxylic acids is 3. The predicted molar refractivity (Wildman–Crippen MR) is 154 cm³/mol. The van der Waals surface area contributed by atoms with Crippen LogP contribution >= 0.6 is 0 Å². The summed E-state index contributed by atoms with van der Waals surface area (Å²) < 4.78 is 81.6. The van der Waals surface area contributed by atoms with Gasteiger partial charge >= 0.3 is 18.3 Å². The van der Waals surface area contributed by atoms with Gasteiger partial charge in [0.1, 0.15) is 24.9 Å². The molecule has 0 radical (unpaired) electrons. The summed E-state index contributed by atoms with van der Waals surface area (Å²) in [7, 11) is -4.77. The first-order chi connectivity index (χ1) is 21.2. The number of hydrogen-bond donors (Lipinski definition) is 3. The summed E-state index contributed by atoms with van der Waals surface area (Å²) in [5, 5.41) is 5.08. The Balaban J connectivity index is 1.89. The lowest BCUT2D eigenvalue weighted by Crippen LogP contribution is -2.59. The monoisotopic (exact) mass is 668 g/mol. The van der Waals surface area contributed by atoms with E-state index in [1.807, 2.05) is 0 Å². The number of nitrogens with one attached hydrogen (secondary N) is 2. The van der Waals surface area contributed by atoms with Crippen LogP contribution in [-0.4, -0.2) is 133 Å². The van der Waals surface area contributed by atoms with Crippen molar-refractivity contribution in [2.24, 2.45) is 5.92 Å². The normalized spacial score (nSPS) is 24.1. The minimum Gasteiger partial charge on any atom is -0.444 e. The van der Waals surface area contributed by atoms with Gasteiger partial charge in [-0.3, -0.25) is 4.55 Å². The maximum atomic E-state index is 12.7. The molecular formula is C27H44N2O15S. The number of terminal acetylenes is 1. The fourth-order valence-corrected chi connectivity index (χ4v) is 4.98. The number of carbonyl (C=O) groups is 3. The Labute approximate surface area is 262 Å². The Morgan fingerprint density at radius 1 is 1.04 bits per heavy atom. The number of alkyl carbamates (subject to hydrolysis) is 2. The van der Waals surface area contributed by atoms with E-state index in [1.54, 1.807) is 27.7 Å².